The summed E-state index contributed by atoms with van der Waals surface area (Å²) < 4.78 is 28.8. The third kappa shape index (κ3) is 11.2. The molecular weight excluding hydrogens is 466 g/mol. The Morgan fingerprint density at radius 1 is 0.917 bits per heavy atom. The Morgan fingerprint density at radius 3 is 2.25 bits per heavy atom. The SMILES string of the molecule is Cc1ccccc1.FC(F)Oc1cccc(CCc2ccc3[nH]ccc3n2)c1.O=CNCCNC=O. The van der Waals surface area contributed by atoms with Crippen molar-refractivity contribution in [1.82, 2.24) is 20.6 Å². The average molecular weight is 497 g/mol. The Hall–Kier alpha value is -4.27. The van der Waals surface area contributed by atoms with E-state index in [-0.39, 0.29) is 5.75 Å². The molecule has 0 unspecified atom stereocenters. The molecule has 0 atom stereocenters. The van der Waals surface area contributed by atoms with E-state index in [9.17, 15) is 18.4 Å². The number of hydrogen-bond donors (Lipinski definition) is 3. The summed E-state index contributed by atoms with van der Waals surface area (Å²) in [6.07, 6.45) is 4.51. The van der Waals surface area contributed by atoms with Crippen molar-refractivity contribution in [3.8, 4) is 5.75 Å². The number of H-pyrrole nitrogens is 1. The maximum atomic E-state index is 12.2. The highest BCUT2D eigenvalue weighted by molar-refractivity contribution is 5.74. The summed E-state index contributed by atoms with van der Waals surface area (Å²) in [4.78, 5) is 26.7. The molecule has 9 heteroatoms. The summed E-state index contributed by atoms with van der Waals surface area (Å²) in [7, 11) is 0. The molecule has 2 amide bonds. The van der Waals surface area contributed by atoms with Gasteiger partial charge in [0.15, 0.2) is 0 Å². The van der Waals surface area contributed by atoms with Gasteiger partial charge >= 0.3 is 6.61 Å². The fourth-order valence-corrected chi connectivity index (χ4v) is 3.06. The van der Waals surface area contributed by atoms with Gasteiger partial charge < -0.3 is 20.4 Å². The molecule has 4 rings (SSSR count). The number of nitrogens with zero attached hydrogens (tertiary/aromatic N) is 1. The van der Waals surface area contributed by atoms with Crippen LogP contribution in [0.25, 0.3) is 11.0 Å². The number of rotatable bonds is 10. The number of ether oxygens (including phenoxy) is 1. The number of fused-ring (bicyclic) bond motifs is 1. The molecule has 4 aromatic rings. The quantitative estimate of drug-likeness (QED) is 0.224. The normalized spacial score (nSPS) is 9.89. The molecule has 0 saturated carbocycles. The van der Waals surface area contributed by atoms with E-state index >= 15 is 0 Å². The molecule has 7 nitrogen and oxygen atoms in total. The number of aromatic nitrogens is 2. The molecular formula is C27H30F2N4O3. The highest BCUT2D eigenvalue weighted by Gasteiger charge is 2.05. The van der Waals surface area contributed by atoms with Crippen molar-refractivity contribution in [2.45, 2.75) is 26.4 Å². The van der Waals surface area contributed by atoms with Gasteiger partial charge in [0, 0.05) is 25.0 Å². The predicted molar refractivity (Wildman–Crippen MR) is 136 cm³/mol. The monoisotopic (exact) mass is 496 g/mol. The maximum absolute atomic E-state index is 12.2. The fraction of sp³-hybridized carbons (Fsp3) is 0.222. The van der Waals surface area contributed by atoms with Gasteiger partial charge in [-0.15, -0.1) is 0 Å². The number of halogens is 2. The summed E-state index contributed by atoms with van der Waals surface area (Å²) in [5.74, 6) is 0.191. The van der Waals surface area contributed by atoms with Gasteiger partial charge in [0.1, 0.15) is 5.75 Å². The van der Waals surface area contributed by atoms with Crippen LogP contribution in [-0.2, 0) is 22.4 Å². The molecule has 0 aliphatic carbocycles. The van der Waals surface area contributed by atoms with Gasteiger partial charge in [-0.1, -0.05) is 48.0 Å². The zero-order chi connectivity index (χ0) is 26.0. The molecule has 3 N–H and O–H groups in total. The zero-order valence-electron chi connectivity index (χ0n) is 20.0. The second kappa shape index (κ2) is 16.4. The number of hydrogen-bond acceptors (Lipinski definition) is 4. The maximum Gasteiger partial charge on any atom is 0.387 e. The highest BCUT2D eigenvalue weighted by Crippen LogP contribution is 2.18. The van der Waals surface area contributed by atoms with Gasteiger partial charge in [-0.2, -0.15) is 8.78 Å². The van der Waals surface area contributed by atoms with Gasteiger partial charge in [0.2, 0.25) is 12.8 Å². The van der Waals surface area contributed by atoms with Crippen LogP contribution in [0.3, 0.4) is 0 Å². The lowest BCUT2D eigenvalue weighted by atomic mass is 10.1. The smallest absolute Gasteiger partial charge is 0.387 e. The number of nitrogens with one attached hydrogen (secondary N) is 3. The minimum absolute atomic E-state index is 0.191. The molecule has 0 saturated heterocycles. The number of pyridine rings is 1. The number of carbonyl (C=O) groups is 2. The van der Waals surface area contributed by atoms with Crippen molar-refractivity contribution in [2.75, 3.05) is 13.1 Å². The standard InChI is InChI=1S/C16H14F2N2O.C7H8.C4H8N2O2/c17-16(18)21-13-3-1-2-11(10-13)4-5-12-6-7-14-15(20-12)8-9-19-14;1-7-5-3-2-4-6-7;7-3-5-1-2-6-4-8/h1-3,6-10,16,19H,4-5H2;2-6H,1H3;3-4H,1-2H2,(H,5,7)(H,6,8). The molecule has 0 aliphatic heterocycles. The van der Waals surface area contributed by atoms with Crippen LogP contribution in [0.2, 0.25) is 0 Å². The lowest BCUT2D eigenvalue weighted by Gasteiger charge is -2.07. The van der Waals surface area contributed by atoms with Gasteiger partial charge in [0.25, 0.3) is 0 Å². The minimum Gasteiger partial charge on any atom is -0.435 e. The van der Waals surface area contributed by atoms with E-state index in [1.165, 1.54) is 11.6 Å². The van der Waals surface area contributed by atoms with E-state index in [2.05, 4.69) is 44.4 Å². The van der Waals surface area contributed by atoms with Crippen LogP contribution in [0.4, 0.5) is 8.78 Å². The Bertz CT molecular complexity index is 1160. The number of alkyl halides is 2. The first kappa shape index (κ1) is 28.0. The van der Waals surface area contributed by atoms with Crippen molar-refractivity contribution in [3.63, 3.8) is 0 Å². The minimum atomic E-state index is -2.79. The summed E-state index contributed by atoms with van der Waals surface area (Å²) in [6.45, 7) is 0.266. The van der Waals surface area contributed by atoms with Crippen molar-refractivity contribution in [2.24, 2.45) is 0 Å². The van der Waals surface area contributed by atoms with Gasteiger partial charge in [-0.25, -0.2) is 0 Å². The van der Waals surface area contributed by atoms with E-state index in [4.69, 9.17) is 0 Å². The van der Waals surface area contributed by atoms with E-state index in [0.29, 0.717) is 25.9 Å². The van der Waals surface area contributed by atoms with Crippen LogP contribution in [0.5, 0.6) is 5.75 Å². The Morgan fingerprint density at radius 2 is 1.64 bits per heavy atom. The van der Waals surface area contributed by atoms with Crippen LogP contribution >= 0.6 is 0 Å². The molecule has 0 spiro atoms. The molecule has 2 aromatic carbocycles. The lowest BCUT2D eigenvalue weighted by Crippen LogP contribution is -2.25. The number of carbonyl (C=O) groups excluding carboxylic acids is 2. The van der Waals surface area contributed by atoms with Crippen molar-refractivity contribution in [1.29, 1.82) is 0 Å². The van der Waals surface area contributed by atoms with Gasteiger partial charge in [-0.05, 0) is 55.7 Å². The molecule has 0 radical (unpaired) electrons. The first-order valence-corrected chi connectivity index (χ1v) is 11.3. The van der Waals surface area contributed by atoms with Crippen LogP contribution < -0.4 is 15.4 Å². The number of aryl methyl sites for hydroxylation is 3. The third-order valence-electron chi connectivity index (χ3n) is 4.78. The molecule has 0 aliphatic rings. The number of benzene rings is 2. The number of amides is 2. The van der Waals surface area contributed by atoms with Gasteiger partial charge in [-0.3, -0.25) is 14.6 Å². The topological polar surface area (TPSA) is 96.1 Å². The third-order valence-corrected chi connectivity index (χ3v) is 4.78. The summed E-state index contributed by atoms with van der Waals surface area (Å²) in [5.41, 5.74) is 5.18. The van der Waals surface area contributed by atoms with E-state index in [1.54, 1.807) is 12.1 Å². The van der Waals surface area contributed by atoms with Crippen molar-refractivity contribution < 1.29 is 23.1 Å². The van der Waals surface area contributed by atoms with Gasteiger partial charge in [0.05, 0.1) is 11.0 Å². The molecule has 0 fully saturated rings. The Balaban J connectivity index is 0.000000250. The Kier molecular flexibility index (Phi) is 12.7. The molecule has 2 heterocycles. The lowest BCUT2D eigenvalue weighted by molar-refractivity contribution is -0.111. The van der Waals surface area contributed by atoms with Crippen molar-refractivity contribution in [3.05, 3.63) is 95.8 Å². The van der Waals surface area contributed by atoms with E-state index in [0.717, 1.165) is 35.1 Å². The summed E-state index contributed by atoms with van der Waals surface area (Å²) in [5, 5.41) is 4.76. The van der Waals surface area contributed by atoms with Crippen molar-refractivity contribution >= 4 is 23.9 Å². The Labute approximate surface area is 208 Å². The molecule has 2 aromatic heterocycles. The van der Waals surface area contributed by atoms with E-state index < -0.39 is 6.61 Å². The van der Waals surface area contributed by atoms with Crippen LogP contribution in [0, 0.1) is 6.92 Å². The fourth-order valence-electron chi connectivity index (χ4n) is 3.06. The second-order valence-electron chi connectivity index (χ2n) is 7.54. The predicted octanol–water partition coefficient (Wildman–Crippen LogP) is 4.42. The number of aromatic amines is 1. The van der Waals surface area contributed by atoms with Crippen LogP contribution in [0.1, 0.15) is 16.8 Å². The van der Waals surface area contributed by atoms with Crippen LogP contribution in [0.15, 0.2) is 79.0 Å². The summed E-state index contributed by atoms with van der Waals surface area (Å²) >= 11 is 0. The second-order valence-corrected chi connectivity index (χ2v) is 7.54. The summed E-state index contributed by atoms with van der Waals surface area (Å²) in [6, 6.07) is 22.9. The molecule has 0 bridgehead atoms. The van der Waals surface area contributed by atoms with Crippen LogP contribution in [-0.4, -0.2) is 42.5 Å². The average Bonchev–Trinajstić information content (AvgIpc) is 3.35. The first-order chi connectivity index (χ1) is 17.5. The zero-order valence-corrected chi connectivity index (χ0v) is 20.0. The molecule has 36 heavy (non-hydrogen) atoms. The molecule has 190 valence electrons. The first-order valence-electron chi connectivity index (χ1n) is 11.3. The highest BCUT2D eigenvalue weighted by atomic mass is 19.3. The largest absolute Gasteiger partial charge is 0.435 e. The van der Waals surface area contributed by atoms with E-state index in [1.807, 2.05) is 48.7 Å².